The number of pyridine rings is 1. The van der Waals surface area contributed by atoms with Gasteiger partial charge in [-0.3, -0.25) is 14.8 Å². The predicted molar refractivity (Wildman–Crippen MR) is 86.2 cm³/mol. The number of hydrogen-bond acceptors (Lipinski definition) is 7. The van der Waals surface area contributed by atoms with Crippen LogP contribution in [-0.4, -0.2) is 36.2 Å². The summed E-state index contributed by atoms with van der Waals surface area (Å²) < 4.78 is 5.19. The first-order valence-corrected chi connectivity index (χ1v) is 7.79. The Morgan fingerprint density at radius 1 is 1.36 bits per heavy atom. The van der Waals surface area contributed by atoms with Gasteiger partial charge in [-0.1, -0.05) is 5.16 Å². The van der Waals surface area contributed by atoms with Crippen LogP contribution in [-0.2, 0) is 11.2 Å². The summed E-state index contributed by atoms with van der Waals surface area (Å²) in [7, 11) is 0. The highest BCUT2D eigenvalue weighted by Gasteiger charge is 2.13. The minimum atomic E-state index is -0.405. The standard InChI is InChI=1S/C15H17N7O3/c1-9(13-19-15(24)21-20-13)17-11(23)3-2-4-12-18-14(22-25-12)10-5-7-16-8-6-10/h5-9H,2-4H2,1H3,(H,17,23)(H2,19,20,21,24). The van der Waals surface area contributed by atoms with Crippen LogP contribution in [0.1, 0.15) is 37.5 Å². The Morgan fingerprint density at radius 3 is 2.88 bits per heavy atom. The first-order valence-electron chi connectivity index (χ1n) is 7.79. The van der Waals surface area contributed by atoms with Crippen molar-refractivity contribution >= 4 is 5.91 Å². The molecule has 3 rings (SSSR count). The second kappa shape index (κ2) is 7.51. The van der Waals surface area contributed by atoms with Crippen molar-refractivity contribution in [2.75, 3.05) is 0 Å². The molecule has 1 atom stereocenters. The van der Waals surface area contributed by atoms with E-state index in [1.807, 2.05) is 0 Å². The van der Waals surface area contributed by atoms with Gasteiger partial charge in [-0.25, -0.2) is 9.89 Å². The molecule has 3 N–H and O–H groups in total. The molecule has 3 aromatic rings. The molecule has 0 aliphatic heterocycles. The fourth-order valence-electron chi connectivity index (χ4n) is 2.25. The number of amides is 1. The third kappa shape index (κ3) is 4.37. The third-order valence-electron chi connectivity index (χ3n) is 3.51. The molecule has 0 bridgehead atoms. The van der Waals surface area contributed by atoms with E-state index in [1.165, 1.54) is 0 Å². The maximum Gasteiger partial charge on any atom is 0.340 e. The van der Waals surface area contributed by atoms with Crippen LogP contribution in [0.3, 0.4) is 0 Å². The lowest BCUT2D eigenvalue weighted by Crippen LogP contribution is -2.27. The molecule has 10 nitrogen and oxygen atoms in total. The van der Waals surface area contributed by atoms with Crippen molar-refractivity contribution in [3.63, 3.8) is 0 Å². The first kappa shape index (κ1) is 16.6. The molecule has 0 fully saturated rings. The second-order valence-electron chi connectivity index (χ2n) is 5.45. The molecule has 0 aliphatic carbocycles. The normalized spacial score (nSPS) is 12.0. The van der Waals surface area contributed by atoms with E-state index < -0.39 is 5.69 Å². The Bertz CT molecular complexity index is 884. The smallest absolute Gasteiger partial charge is 0.340 e. The van der Waals surface area contributed by atoms with Gasteiger partial charge < -0.3 is 9.84 Å². The zero-order valence-electron chi connectivity index (χ0n) is 13.5. The van der Waals surface area contributed by atoms with Crippen molar-refractivity contribution in [1.82, 2.24) is 35.6 Å². The van der Waals surface area contributed by atoms with E-state index in [1.54, 1.807) is 31.5 Å². The lowest BCUT2D eigenvalue weighted by Gasteiger charge is -2.10. The molecule has 1 unspecified atom stereocenters. The Morgan fingerprint density at radius 2 is 2.16 bits per heavy atom. The van der Waals surface area contributed by atoms with Crippen LogP contribution in [0.4, 0.5) is 0 Å². The fourth-order valence-corrected chi connectivity index (χ4v) is 2.25. The van der Waals surface area contributed by atoms with Crippen LogP contribution in [0.2, 0.25) is 0 Å². The van der Waals surface area contributed by atoms with Crippen LogP contribution >= 0.6 is 0 Å². The Balaban J connectivity index is 1.46. The quantitative estimate of drug-likeness (QED) is 0.574. The maximum absolute atomic E-state index is 11.9. The largest absolute Gasteiger partial charge is 0.346 e. The number of aryl methyl sites for hydroxylation is 1. The molecule has 0 aliphatic rings. The Labute approximate surface area is 142 Å². The summed E-state index contributed by atoms with van der Waals surface area (Å²) in [5.41, 5.74) is 0.419. The minimum absolute atomic E-state index is 0.148. The number of nitrogens with zero attached hydrogens (tertiary/aromatic N) is 4. The first-order chi connectivity index (χ1) is 12.1. The van der Waals surface area contributed by atoms with Crippen molar-refractivity contribution in [2.24, 2.45) is 0 Å². The third-order valence-corrected chi connectivity index (χ3v) is 3.51. The van der Waals surface area contributed by atoms with E-state index in [4.69, 9.17) is 4.52 Å². The maximum atomic E-state index is 11.9. The molecular formula is C15H17N7O3. The molecule has 25 heavy (non-hydrogen) atoms. The van der Waals surface area contributed by atoms with Gasteiger partial charge in [0.05, 0.1) is 6.04 Å². The number of rotatable bonds is 7. The predicted octanol–water partition coefficient (Wildman–Crippen LogP) is 0.743. The summed E-state index contributed by atoms with van der Waals surface area (Å²) in [5.74, 6) is 1.21. The molecule has 3 heterocycles. The Kier molecular flexibility index (Phi) is 4.97. The summed E-state index contributed by atoms with van der Waals surface area (Å²) in [6.07, 6.45) is 4.67. The zero-order chi connectivity index (χ0) is 17.6. The number of carbonyl (C=O) groups excluding carboxylic acids is 1. The van der Waals surface area contributed by atoms with Gasteiger partial charge in [0.25, 0.3) is 0 Å². The topological polar surface area (TPSA) is 142 Å². The molecule has 1 amide bonds. The van der Waals surface area contributed by atoms with Crippen LogP contribution in [0.25, 0.3) is 11.4 Å². The van der Waals surface area contributed by atoms with Crippen molar-refractivity contribution < 1.29 is 9.32 Å². The van der Waals surface area contributed by atoms with Crippen LogP contribution in [0.5, 0.6) is 0 Å². The van der Waals surface area contributed by atoms with Gasteiger partial charge in [-0.15, -0.1) is 0 Å². The number of aromatic nitrogens is 6. The van der Waals surface area contributed by atoms with Crippen molar-refractivity contribution in [3.05, 3.63) is 46.7 Å². The summed E-state index contributed by atoms with van der Waals surface area (Å²) >= 11 is 0. The SMILES string of the molecule is CC(NC(=O)CCCc1nc(-c2ccncc2)no1)c1n[nH]c(=O)[nH]1. The zero-order valence-corrected chi connectivity index (χ0v) is 13.5. The average molecular weight is 343 g/mol. The lowest BCUT2D eigenvalue weighted by atomic mass is 10.2. The molecule has 130 valence electrons. The molecule has 0 radical (unpaired) electrons. The molecule has 0 saturated carbocycles. The van der Waals surface area contributed by atoms with Crippen LogP contribution in [0.15, 0.2) is 33.8 Å². The van der Waals surface area contributed by atoms with E-state index in [-0.39, 0.29) is 11.9 Å². The molecule has 10 heteroatoms. The average Bonchev–Trinajstić information content (AvgIpc) is 3.25. The van der Waals surface area contributed by atoms with Crippen LogP contribution in [0, 0.1) is 0 Å². The molecule has 0 spiro atoms. The van der Waals surface area contributed by atoms with Gasteiger partial charge in [0.1, 0.15) is 0 Å². The number of hydrogen-bond donors (Lipinski definition) is 3. The van der Waals surface area contributed by atoms with Crippen molar-refractivity contribution in [1.29, 1.82) is 0 Å². The summed E-state index contributed by atoms with van der Waals surface area (Å²) in [6.45, 7) is 1.74. The summed E-state index contributed by atoms with van der Waals surface area (Å²) in [6, 6.07) is 3.21. The lowest BCUT2D eigenvalue weighted by molar-refractivity contribution is -0.121. The number of carbonyl (C=O) groups is 1. The van der Waals surface area contributed by atoms with E-state index in [2.05, 4.69) is 35.6 Å². The minimum Gasteiger partial charge on any atom is -0.346 e. The molecular weight excluding hydrogens is 326 g/mol. The number of nitrogens with one attached hydrogen (secondary N) is 3. The molecule has 0 aromatic carbocycles. The summed E-state index contributed by atoms with van der Waals surface area (Å²) in [5, 5.41) is 12.7. The van der Waals surface area contributed by atoms with Gasteiger partial charge in [0.15, 0.2) is 5.82 Å². The van der Waals surface area contributed by atoms with Gasteiger partial charge in [0.2, 0.25) is 17.6 Å². The highest BCUT2D eigenvalue weighted by Crippen LogP contribution is 2.15. The Hall–Kier alpha value is -3.30. The van der Waals surface area contributed by atoms with Crippen molar-refractivity contribution in [3.8, 4) is 11.4 Å². The van der Waals surface area contributed by atoms with E-state index >= 15 is 0 Å². The number of H-pyrrole nitrogens is 2. The van der Waals surface area contributed by atoms with E-state index in [9.17, 15) is 9.59 Å². The highest BCUT2D eigenvalue weighted by atomic mass is 16.5. The number of aromatic amines is 2. The van der Waals surface area contributed by atoms with Gasteiger partial charge in [-0.2, -0.15) is 10.1 Å². The molecule has 3 aromatic heterocycles. The fraction of sp³-hybridized carbons (Fsp3) is 0.333. The monoisotopic (exact) mass is 343 g/mol. The highest BCUT2D eigenvalue weighted by molar-refractivity contribution is 5.76. The van der Waals surface area contributed by atoms with Gasteiger partial charge in [-0.05, 0) is 25.5 Å². The van der Waals surface area contributed by atoms with E-state index in [0.717, 1.165) is 5.56 Å². The van der Waals surface area contributed by atoms with Crippen molar-refractivity contribution in [2.45, 2.75) is 32.2 Å². The second-order valence-corrected chi connectivity index (χ2v) is 5.45. The van der Waals surface area contributed by atoms with Gasteiger partial charge >= 0.3 is 5.69 Å². The molecule has 0 saturated heterocycles. The summed E-state index contributed by atoms with van der Waals surface area (Å²) in [4.78, 5) is 33.7. The van der Waals surface area contributed by atoms with Gasteiger partial charge in [0, 0.05) is 30.8 Å². The van der Waals surface area contributed by atoms with Crippen LogP contribution < -0.4 is 11.0 Å². The van der Waals surface area contributed by atoms with E-state index in [0.29, 0.717) is 36.8 Å².